The van der Waals surface area contributed by atoms with Crippen LogP contribution in [-0.2, 0) is 19.3 Å². The Morgan fingerprint density at radius 1 is 0.933 bits per heavy atom. The monoisotopic (exact) mass is 405 g/mol. The van der Waals surface area contributed by atoms with Crippen molar-refractivity contribution < 1.29 is 5.11 Å². The van der Waals surface area contributed by atoms with Gasteiger partial charge in [-0.2, -0.15) is 0 Å². The minimum atomic E-state index is -0.459. The molecule has 0 saturated heterocycles. The molecule has 30 heavy (non-hydrogen) atoms. The van der Waals surface area contributed by atoms with E-state index in [9.17, 15) is 14.7 Å². The van der Waals surface area contributed by atoms with Crippen LogP contribution >= 0.6 is 0 Å². The van der Waals surface area contributed by atoms with Gasteiger partial charge in [0.1, 0.15) is 17.1 Å². The lowest BCUT2D eigenvalue weighted by molar-refractivity contribution is 0.176. The van der Waals surface area contributed by atoms with Crippen molar-refractivity contribution in [3.63, 3.8) is 0 Å². The van der Waals surface area contributed by atoms with Crippen molar-refractivity contribution in [3.8, 4) is 5.75 Å². The van der Waals surface area contributed by atoms with Gasteiger partial charge in [-0.25, -0.2) is 0 Å². The summed E-state index contributed by atoms with van der Waals surface area (Å²) in [6, 6.07) is 15.5. The number of fused-ring (bicyclic) bond motifs is 1. The maximum atomic E-state index is 12.2. The molecule has 4 rings (SSSR count). The predicted octanol–water partition coefficient (Wildman–Crippen LogP) is 2.15. The van der Waals surface area contributed by atoms with Crippen molar-refractivity contribution in [2.45, 2.75) is 24.8 Å². The molecular formula is C24H27N3O3. The largest absolute Gasteiger partial charge is 0.508 e. The minimum Gasteiger partial charge on any atom is -0.508 e. The topological polar surface area (TPSA) is 81.7 Å². The molecule has 0 spiro atoms. The number of nitrogens with zero attached hydrogens (tertiary/aromatic N) is 1. The van der Waals surface area contributed by atoms with Gasteiger partial charge < -0.3 is 20.6 Å². The summed E-state index contributed by atoms with van der Waals surface area (Å²) in [5.41, 5.74) is 3.13. The number of nitrogens with one attached hydrogen (secondary N) is 2. The quantitative estimate of drug-likeness (QED) is 0.498. The zero-order chi connectivity index (χ0) is 21.3. The van der Waals surface area contributed by atoms with Gasteiger partial charge in [0.25, 0.3) is 10.9 Å². The van der Waals surface area contributed by atoms with Gasteiger partial charge in [0.2, 0.25) is 0 Å². The third-order valence-corrected chi connectivity index (χ3v) is 6.24. The van der Waals surface area contributed by atoms with Gasteiger partial charge in [-0.05, 0) is 62.2 Å². The lowest BCUT2D eigenvalue weighted by Gasteiger charge is -2.37. The molecule has 0 fully saturated rings. The van der Waals surface area contributed by atoms with Gasteiger partial charge in [-0.3, -0.25) is 9.59 Å². The SMILES string of the molecule is CN(C)C1(CNc2c(NCCc3ccccc3)c(=O)c2=O)Cc2ccc(O)cc2C1. The second-order valence-corrected chi connectivity index (χ2v) is 8.35. The fourth-order valence-electron chi connectivity index (χ4n) is 4.28. The first-order chi connectivity index (χ1) is 14.4. The van der Waals surface area contributed by atoms with Gasteiger partial charge in [-0.1, -0.05) is 36.4 Å². The Morgan fingerprint density at radius 3 is 2.30 bits per heavy atom. The van der Waals surface area contributed by atoms with Crippen molar-refractivity contribution >= 4 is 11.4 Å². The second-order valence-electron chi connectivity index (χ2n) is 8.35. The van der Waals surface area contributed by atoms with Gasteiger partial charge in [0.05, 0.1) is 0 Å². The van der Waals surface area contributed by atoms with E-state index in [1.165, 1.54) is 11.1 Å². The highest BCUT2D eigenvalue weighted by atomic mass is 16.3. The molecule has 6 heteroatoms. The number of benzene rings is 2. The molecule has 0 aromatic heterocycles. The van der Waals surface area contributed by atoms with Crippen LogP contribution in [0, 0.1) is 0 Å². The van der Waals surface area contributed by atoms with E-state index in [2.05, 4.69) is 15.5 Å². The Balaban J connectivity index is 1.44. The maximum absolute atomic E-state index is 12.2. The number of anilines is 2. The van der Waals surface area contributed by atoms with Crippen LogP contribution in [0.4, 0.5) is 11.4 Å². The lowest BCUT2D eigenvalue weighted by Crippen LogP contribution is -2.52. The highest BCUT2D eigenvalue weighted by Crippen LogP contribution is 2.35. The Bertz CT molecular complexity index is 1120. The van der Waals surface area contributed by atoms with Crippen LogP contribution in [-0.4, -0.2) is 42.7 Å². The summed E-state index contributed by atoms with van der Waals surface area (Å²) < 4.78 is 0. The standard InChI is InChI=1S/C24H27N3O3/c1-27(2)24(13-17-8-9-19(28)12-18(17)14-24)15-26-21-20(22(29)23(21)30)25-11-10-16-6-4-3-5-7-16/h3-9,12,25-26,28H,10-11,13-15H2,1-2H3. The van der Waals surface area contributed by atoms with Crippen molar-refractivity contribution in [2.24, 2.45) is 0 Å². The molecule has 0 heterocycles. The lowest BCUT2D eigenvalue weighted by atomic mass is 9.93. The molecule has 0 bridgehead atoms. The summed E-state index contributed by atoms with van der Waals surface area (Å²) in [4.78, 5) is 26.4. The van der Waals surface area contributed by atoms with E-state index >= 15 is 0 Å². The van der Waals surface area contributed by atoms with Crippen molar-refractivity contribution in [2.75, 3.05) is 37.8 Å². The minimum absolute atomic E-state index is 0.225. The van der Waals surface area contributed by atoms with Gasteiger partial charge in [-0.15, -0.1) is 0 Å². The molecule has 0 aliphatic heterocycles. The van der Waals surface area contributed by atoms with Gasteiger partial charge in [0, 0.05) is 18.6 Å². The van der Waals surface area contributed by atoms with Crippen molar-refractivity contribution in [3.05, 3.63) is 85.7 Å². The Hall–Kier alpha value is -3.12. The molecule has 0 saturated carbocycles. The van der Waals surface area contributed by atoms with Gasteiger partial charge >= 0.3 is 0 Å². The number of rotatable bonds is 8. The van der Waals surface area contributed by atoms with Gasteiger partial charge in [0.15, 0.2) is 0 Å². The molecule has 0 amide bonds. The highest BCUT2D eigenvalue weighted by molar-refractivity contribution is 5.74. The van der Waals surface area contributed by atoms with Crippen LogP contribution in [0.5, 0.6) is 5.75 Å². The molecule has 6 nitrogen and oxygen atoms in total. The summed E-state index contributed by atoms with van der Waals surface area (Å²) in [6.45, 7) is 1.13. The zero-order valence-electron chi connectivity index (χ0n) is 17.4. The Kier molecular flexibility index (Phi) is 5.35. The molecule has 3 aromatic rings. The first-order valence-corrected chi connectivity index (χ1v) is 10.2. The molecule has 1 aliphatic carbocycles. The summed E-state index contributed by atoms with van der Waals surface area (Å²) >= 11 is 0. The average Bonchev–Trinajstić information content (AvgIpc) is 3.12. The van der Waals surface area contributed by atoms with Crippen LogP contribution in [0.2, 0.25) is 0 Å². The van der Waals surface area contributed by atoms with E-state index in [1.54, 1.807) is 6.07 Å². The third-order valence-electron chi connectivity index (χ3n) is 6.24. The van der Waals surface area contributed by atoms with Crippen molar-refractivity contribution in [1.29, 1.82) is 0 Å². The third kappa shape index (κ3) is 3.71. The smallest absolute Gasteiger partial charge is 0.253 e. The number of phenols is 1. The molecule has 1 unspecified atom stereocenters. The predicted molar refractivity (Wildman–Crippen MR) is 120 cm³/mol. The summed E-state index contributed by atoms with van der Waals surface area (Å²) in [7, 11) is 4.04. The zero-order valence-corrected chi connectivity index (χ0v) is 17.4. The molecule has 1 aliphatic rings. The second kappa shape index (κ2) is 7.95. The normalized spacial score (nSPS) is 18.0. The number of hydrogen-bond donors (Lipinski definition) is 3. The number of hydrogen-bond acceptors (Lipinski definition) is 6. The Labute approximate surface area is 175 Å². The summed E-state index contributed by atoms with van der Waals surface area (Å²) in [5.74, 6) is 0.267. The fraction of sp³-hybridized carbons (Fsp3) is 0.333. The van der Waals surface area contributed by atoms with Crippen LogP contribution < -0.4 is 21.5 Å². The first kappa shape index (κ1) is 20.2. The van der Waals surface area contributed by atoms with E-state index in [0.717, 1.165) is 24.8 Å². The summed E-state index contributed by atoms with van der Waals surface area (Å²) in [5, 5.41) is 16.2. The fourth-order valence-corrected chi connectivity index (χ4v) is 4.28. The summed E-state index contributed by atoms with van der Waals surface area (Å²) in [6.07, 6.45) is 2.36. The van der Waals surface area contributed by atoms with E-state index in [0.29, 0.717) is 24.5 Å². The van der Waals surface area contributed by atoms with E-state index in [1.807, 2.05) is 56.6 Å². The van der Waals surface area contributed by atoms with Crippen LogP contribution in [0.15, 0.2) is 58.1 Å². The van der Waals surface area contributed by atoms with E-state index in [4.69, 9.17) is 0 Å². The Morgan fingerprint density at radius 2 is 1.60 bits per heavy atom. The van der Waals surface area contributed by atoms with E-state index in [-0.39, 0.29) is 11.3 Å². The number of phenolic OH excluding ortho intramolecular Hbond substituents is 1. The number of likely N-dealkylation sites (N-methyl/N-ethyl adjacent to an activating group) is 1. The molecule has 3 N–H and O–H groups in total. The highest BCUT2D eigenvalue weighted by Gasteiger charge is 2.40. The maximum Gasteiger partial charge on any atom is 0.253 e. The molecule has 1 atom stereocenters. The first-order valence-electron chi connectivity index (χ1n) is 10.2. The van der Waals surface area contributed by atoms with Crippen LogP contribution in [0.25, 0.3) is 0 Å². The average molecular weight is 405 g/mol. The molecule has 0 radical (unpaired) electrons. The molecule has 156 valence electrons. The molecular weight excluding hydrogens is 378 g/mol. The van der Waals surface area contributed by atoms with Crippen molar-refractivity contribution in [1.82, 2.24) is 4.90 Å². The molecule has 3 aromatic carbocycles. The van der Waals surface area contributed by atoms with Crippen LogP contribution in [0.3, 0.4) is 0 Å². The number of aromatic hydroxyl groups is 1. The van der Waals surface area contributed by atoms with E-state index < -0.39 is 10.9 Å². The van der Waals surface area contributed by atoms with Crippen LogP contribution in [0.1, 0.15) is 16.7 Å².